The van der Waals surface area contributed by atoms with Crippen LogP contribution in [0.25, 0.3) is 0 Å². The highest BCUT2D eigenvalue weighted by molar-refractivity contribution is 5.09. The molecule has 0 heterocycles. The van der Waals surface area contributed by atoms with Gasteiger partial charge in [0, 0.05) is 6.04 Å². The first-order chi connectivity index (χ1) is 4.87. The molecule has 0 bridgehead atoms. The zero-order valence-corrected chi connectivity index (χ0v) is 6.82. The van der Waals surface area contributed by atoms with Gasteiger partial charge in [0.25, 0.3) is 0 Å². The second-order valence-corrected chi connectivity index (χ2v) is 3.91. The smallest absolute Gasteiger partial charge is 0.0124 e. The van der Waals surface area contributed by atoms with E-state index in [0.717, 1.165) is 11.5 Å². The van der Waals surface area contributed by atoms with Crippen LogP contribution in [-0.4, -0.2) is 12.6 Å². The van der Waals surface area contributed by atoms with E-state index >= 15 is 0 Å². The molecule has 1 nitrogen and oxygen atoms in total. The summed E-state index contributed by atoms with van der Waals surface area (Å²) in [5, 5.41) is 3.62. The predicted octanol–water partition coefficient (Wildman–Crippen LogP) is 1.93. The van der Waals surface area contributed by atoms with Gasteiger partial charge in [-0.1, -0.05) is 6.92 Å². The van der Waals surface area contributed by atoms with E-state index in [1.54, 1.807) is 0 Å². The van der Waals surface area contributed by atoms with Crippen LogP contribution < -0.4 is 5.32 Å². The molecule has 0 saturated heterocycles. The summed E-state index contributed by atoms with van der Waals surface area (Å²) in [5.41, 5.74) is 0.829. The molecule has 0 aromatic heterocycles. The lowest BCUT2D eigenvalue weighted by Gasteiger charge is -2.38. The van der Waals surface area contributed by atoms with Crippen molar-refractivity contribution in [2.45, 2.75) is 45.1 Å². The maximum absolute atomic E-state index is 3.62. The lowest BCUT2D eigenvalue weighted by molar-refractivity contribution is 0.185. The fraction of sp³-hybridized carbons (Fsp3) is 1.00. The van der Waals surface area contributed by atoms with Gasteiger partial charge in [0.1, 0.15) is 0 Å². The second-order valence-electron chi connectivity index (χ2n) is 3.91. The molecule has 1 atom stereocenters. The predicted molar refractivity (Wildman–Crippen MR) is 43.0 cm³/mol. The summed E-state index contributed by atoms with van der Waals surface area (Å²) in [6, 6.07) is 0.910. The van der Waals surface area contributed by atoms with Gasteiger partial charge in [-0.25, -0.2) is 0 Å². The van der Waals surface area contributed by atoms with Crippen molar-refractivity contribution in [2.24, 2.45) is 5.41 Å². The van der Waals surface area contributed by atoms with Crippen LogP contribution in [0.4, 0.5) is 0 Å². The second kappa shape index (κ2) is 2.23. The molecule has 0 aliphatic heterocycles. The summed E-state index contributed by atoms with van der Waals surface area (Å²) in [6.07, 6.45) is 7.25. The third-order valence-corrected chi connectivity index (χ3v) is 3.20. The molecule has 2 aliphatic rings. The van der Waals surface area contributed by atoms with E-state index in [4.69, 9.17) is 0 Å². The van der Waals surface area contributed by atoms with Gasteiger partial charge in [0.15, 0.2) is 0 Å². The molecule has 58 valence electrons. The van der Waals surface area contributed by atoms with Crippen molar-refractivity contribution in [1.82, 2.24) is 5.32 Å². The van der Waals surface area contributed by atoms with E-state index in [0.29, 0.717) is 0 Å². The monoisotopic (exact) mass is 139 g/mol. The highest BCUT2D eigenvalue weighted by Crippen LogP contribution is 2.60. The minimum absolute atomic E-state index is 0.829. The number of hydrogen-bond donors (Lipinski definition) is 1. The molecule has 0 amide bonds. The van der Waals surface area contributed by atoms with Gasteiger partial charge in [-0.3, -0.25) is 0 Å². The molecule has 10 heavy (non-hydrogen) atoms. The lowest BCUT2D eigenvalue weighted by Crippen LogP contribution is -2.45. The zero-order chi connectivity index (χ0) is 7.03. The average Bonchev–Trinajstić information content (AvgIpc) is 2.66. The Morgan fingerprint density at radius 1 is 1.40 bits per heavy atom. The maximum atomic E-state index is 3.62. The molecular formula is C9H17N. The quantitative estimate of drug-likeness (QED) is 0.630. The Hall–Kier alpha value is -0.0400. The first-order valence-electron chi connectivity index (χ1n) is 4.61. The maximum Gasteiger partial charge on any atom is 0.0124 e. The van der Waals surface area contributed by atoms with Crippen LogP contribution in [0.1, 0.15) is 39.0 Å². The molecule has 1 spiro atoms. The molecule has 0 radical (unpaired) electrons. The first kappa shape index (κ1) is 6.66. The summed E-state index contributed by atoms with van der Waals surface area (Å²) in [5.74, 6) is 0. The molecule has 0 aromatic rings. The average molecular weight is 139 g/mol. The van der Waals surface area contributed by atoms with Gasteiger partial charge in [-0.2, -0.15) is 0 Å². The van der Waals surface area contributed by atoms with Crippen LogP contribution in [0, 0.1) is 5.41 Å². The molecule has 1 N–H and O–H groups in total. The van der Waals surface area contributed by atoms with Crippen molar-refractivity contribution in [3.05, 3.63) is 0 Å². The Balaban J connectivity index is 1.73. The van der Waals surface area contributed by atoms with Crippen LogP contribution in [0.3, 0.4) is 0 Å². The standard InChI is InChI=1S/C9H17N/c1-2-7-10-8-3-4-9(8)5-6-9/h8,10H,2-7H2,1H3. The van der Waals surface area contributed by atoms with Crippen LogP contribution in [0.15, 0.2) is 0 Å². The summed E-state index contributed by atoms with van der Waals surface area (Å²) >= 11 is 0. The highest BCUT2D eigenvalue weighted by Gasteiger charge is 2.54. The number of hydrogen-bond acceptors (Lipinski definition) is 1. The Kier molecular flexibility index (Phi) is 1.48. The zero-order valence-electron chi connectivity index (χ0n) is 6.82. The van der Waals surface area contributed by atoms with E-state index < -0.39 is 0 Å². The summed E-state index contributed by atoms with van der Waals surface area (Å²) in [6.45, 7) is 3.47. The van der Waals surface area contributed by atoms with Crippen molar-refractivity contribution in [2.75, 3.05) is 6.54 Å². The summed E-state index contributed by atoms with van der Waals surface area (Å²) in [4.78, 5) is 0. The topological polar surface area (TPSA) is 12.0 Å². The summed E-state index contributed by atoms with van der Waals surface area (Å²) < 4.78 is 0. The van der Waals surface area contributed by atoms with Crippen molar-refractivity contribution in [3.63, 3.8) is 0 Å². The first-order valence-corrected chi connectivity index (χ1v) is 4.61. The molecule has 2 saturated carbocycles. The van der Waals surface area contributed by atoms with Crippen molar-refractivity contribution in [1.29, 1.82) is 0 Å². The van der Waals surface area contributed by atoms with E-state index in [1.165, 1.54) is 38.6 Å². The Bertz CT molecular complexity index is 127. The largest absolute Gasteiger partial charge is 0.313 e. The van der Waals surface area contributed by atoms with Crippen LogP contribution >= 0.6 is 0 Å². The molecule has 2 fully saturated rings. The number of nitrogens with one attached hydrogen (secondary N) is 1. The van der Waals surface area contributed by atoms with Crippen molar-refractivity contribution >= 4 is 0 Å². The van der Waals surface area contributed by atoms with Gasteiger partial charge in [0.05, 0.1) is 0 Å². The van der Waals surface area contributed by atoms with Crippen LogP contribution in [0.5, 0.6) is 0 Å². The van der Waals surface area contributed by atoms with Gasteiger partial charge < -0.3 is 5.32 Å². The molecular weight excluding hydrogens is 122 g/mol. The third-order valence-electron chi connectivity index (χ3n) is 3.20. The normalized spacial score (nSPS) is 33.9. The number of rotatable bonds is 3. The van der Waals surface area contributed by atoms with E-state index in [9.17, 15) is 0 Å². The van der Waals surface area contributed by atoms with Gasteiger partial charge >= 0.3 is 0 Å². The van der Waals surface area contributed by atoms with Crippen molar-refractivity contribution in [3.8, 4) is 0 Å². The summed E-state index contributed by atoms with van der Waals surface area (Å²) in [7, 11) is 0. The minimum Gasteiger partial charge on any atom is -0.313 e. The van der Waals surface area contributed by atoms with E-state index in [2.05, 4.69) is 12.2 Å². The van der Waals surface area contributed by atoms with E-state index in [1.807, 2.05) is 0 Å². The van der Waals surface area contributed by atoms with Gasteiger partial charge in [0.2, 0.25) is 0 Å². The lowest BCUT2D eigenvalue weighted by atomic mass is 9.76. The third kappa shape index (κ3) is 0.878. The fourth-order valence-electron chi connectivity index (χ4n) is 2.09. The van der Waals surface area contributed by atoms with Gasteiger partial charge in [-0.15, -0.1) is 0 Å². The molecule has 2 rings (SSSR count). The Morgan fingerprint density at radius 2 is 2.20 bits per heavy atom. The van der Waals surface area contributed by atoms with Crippen LogP contribution in [-0.2, 0) is 0 Å². The minimum atomic E-state index is 0.829. The van der Waals surface area contributed by atoms with Crippen LogP contribution in [0.2, 0.25) is 0 Å². The molecule has 2 aliphatic carbocycles. The highest BCUT2D eigenvalue weighted by atomic mass is 15.0. The Morgan fingerprint density at radius 3 is 2.60 bits per heavy atom. The van der Waals surface area contributed by atoms with E-state index in [-0.39, 0.29) is 0 Å². The molecule has 1 unspecified atom stereocenters. The SMILES string of the molecule is CCCNC1CCC12CC2. The molecule has 0 aromatic carbocycles. The van der Waals surface area contributed by atoms with Gasteiger partial charge in [-0.05, 0) is 44.1 Å². The molecule has 1 heteroatoms. The van der Waals surface area contributed by atoms with Crippen molar-refractivity contribution < 1.29 is 0 Å². The Labute approximate surface area is 63.2 Å². The fourth-order valence-corrected chi connectivity index (χ4v) is 2.09.